The molecule has 2 aromatic carbocycles. The van der Waals surface area contributed by atoms with Gasteiger partial charge in [-0.2, -0.15) is 18.4 Å². The molecular weight excluding hydrogens is 352 g/mol. The molecule has 0 atom stereocenters. The van der Waals surface area contributed by atoms with Crippen LogP contribution in [0.15, 0.2) is 48.0 Å². The maximum Gasteiger partial charge on any atom is 0.418 e. The highest BCUT2D eigenvalue weighted by Gasteiger charge is 2.33. The highest BCUT2D eigenvalue weighted by atomic mass is 19.4. The third-order valence-corrected chi connectivity index (χ3v) is 3.33. The van der Waals surface area contributed by atoms with Gasteiger partial charge in [0.1, 0.15) is 11.6 Å². The van der Waals surface area contributed by atoms with Gasteiger partial charge in [0, 0.05) is 0 Å². The molecule has 0 saturated carbocycles. The number of alkyl halides is 3. The zero-order chi connectivity index (χ0) is 19.3. The van der Waals surface area contributed by atoms with Crippen molar-refractivity contribution in [2.75, 3.05) is 12.4 Å². The number of anilines is 1. The van der Waals surface area contributed by atoms with E-state index in [4.69, 9.17) is 10.00 Å². The van der Waals surface area contributed by atoms with Gasteiger partial charge in [-0.1, -0.05) is 18.2 Å². The zero-order valence-corrected chi connectivity index (χ0v) is 13.4. The largest absolute Gasteiger partial charge is 0.494 e. The molecular formula is C18H12F4N2O2. The fraction of sp³-hybridized carbons (Fsp3) is 0.111. The Bertz CT molecular complexity index is 899. The minimum atomic E-state index is -4.67. The molecule has 0 unspecified atom stereocenters. The molecule has 2 aromatic rings. The van der Waals surface area contributed by atoms with E-state index >= 15 is 0 Å². The predicted molar refractivity (Wildman–Crippen MR) is 86.6 cm³/mol. The van der Waals surface area contributed by atoms with Gasteiger partial charge in [0.25, 0.3) is 5.91 Å². The molecule has 0 spiro atoms. The minimum Gasteiger partial charge on any atom is -0.494 e. The second-order valence-electron chi connectivity index (χ2n) is 5.06. The van der Waals surface area contributed by atoms with E-state index in [9.17, 15) is 22.4 Å². The summed E-state index contributed by atoms with van der Waals surface area (Å²) in [5.41, 5.74) is -1.82. The van der Waals surface area contributed by atoms with Gasteiger partial charge in [0.05, 0.1) is 18.4 Å². The van der Waals surface area contributed by atoms with Crippen LogP contribution in [-0.2, 0) is 11.0 Å². The number of carbonyl (C=O) groups is 1. The first-order valence-electron chi connectivity index (χ1n) is 7.19. The Balaban J connectivity index is 2.31. The maximum absolute atomic E-state index is 13.7. The molecule has 0 saturated heterocycles. The first-order valence-corrected chi connectivity index (χ1v) is 7.19. The van der Waals surface area contributed by atoms with Crippen molar-refractivity contribution in [3.8, 4) is 11.8 Å². The van der Waals surface area contributed by atoms with E-state index in [1.807, 2.05) is 0 Å². The van der Waals surface area contributed by atoms with Gasteiger partial charge < -0.3 is 10.1 Å². The lowest BCUT2D eigenvalue weighted by molar-refractivity contribution is -0.137. The average Bonchev–Trinajstić information content (AvgIpc) is 2.59. The van der Waals surface area contributed by atoms with Crippen molar-refractivity contribution in [3.05, 3.63) is 65.0 Å². The number of para-hydroxylation sites is 1. The molecule has 0 aromatic heterocycles. The Kier molecular flexibility index (Phi) is 5.62. The van der Waals surface area contributed by atoms with Gasteiger partial charge in [-0.15, -0.1) is 0 Å². The number of nitrogens with zero attached hydrogens (tertiary/aromatic N) is 1. The van der Waals surface area contributed by atoms with Crippen LogP contribution >= 0.6 is 0 Å². The van der Waals surface area contributed by atoms with E-state index in [0.717, 1.165) is 24.3 Å². The second kappa shape index (κ2) is 7.70. The normalized spacial score (nSPS) is 11.6. The van der Waals surface area contributed by atoms with E-state index in [-0.39, 0.29) is 11.3 Å². The summed E-state index contributed by atoms with van der Waals surface area (Å²) in [5.74, 6) is -1.77. The van der Waals surface area contributed by atoms with Gasteiger partial charge in [0.15, 0.2) is 11.6 Å². The molecule has 26 heavy (non-hydrogen) atoms. The number of nitrogens with one attached hydrogen (secondary N) is 1. The quantitative estimate of drug-likeness (QED) is 0.497. The average molecular weight is 364 g/mol. The summed E-state index contributed by atoms with van der Waals surface area (Å²) in [6.45, 7) is 0. The third-order valence-electron chi connectivity index (χ3n) is 3.33. The number of carbonyl (C=O) groups excluding carboxylic acids is 1. The second-order valence-corrected chi connectivity index (χ2v) is 5.06. The van der Waals surface area contributed by atoms with Crippen molar-refractivity contribution in [3.63, 3.8) is 0 Å². The molecule has 1 amide bonds. The summed E-state index contributed by atoms with van der Waals surface area (Å²) < 4.78 is 57.3. The number of ether oxygens (including phenoxy) is 1. The van der Waals surface area contributed by atoms with Gasteiger partial charge in [0.2, 0.25) is 0 Å². The smallest absolute Gasteiger partial charge is 0.418 e. The summed E-state index contributed by atoms with van der Waals surface area (Å²) in [7, 11) is 1.28. The number of halogens is 4. The van der Waals surface area contributed by atoms with Gasteiger partial charge in [-0.25, -0.2) is 4.39 Å². The van der Waals surface area contributed by atoms with Crippen LogP contribution in [0.3, 0.4) is 0 Å². The van der Waals surface area contributed by atoms with Crippen molar-refractivity contribution < 1.29 is 27.1 Å². The number of hydrogen-bond acceptors (Lipinski definition) is 3. The predicted octanol–water partition coefficient (Wildman–Crippen LogP) is 4.40. The molecule has 4 nitrogen and oxygen atoms in total. The molecule has 0 aliphatic heterocycles. The Morgan fingerprint density at radius 3 is 2.50 bits per heavy atom. The number of amides is 1. The Morgan fingerprint density at radius 1 is 1.23 bits per heavy atom. The van der Waals surface area contributed by atoms with Crippen LogP contribution in [0.1, 0.15) is 11.1 Å². The van der Waals surface area contributed by atoms with Gasteiger partial charge in [-0.05, 0) is 35.9 Å². The van der Waals surface area contributed by atoms with Crippen molar-refractivity contribution in [2.24, 2.45) is 0 Å². The SMILES string of the molecule is COc1ccc(/C=C(\C#N)C(=O)Nc2ccccc2C(F)(F)F)cc1F. The van der Waals surface area contributed by atoms with E-state index in [2.05, 4.69) is 5.32 Å². The molecule has 0 aliphatic carbocycles. The van der Waals surface area contributed by atoms with Gasteiger partial charge in [-0.3, -0.25) is 4.79 Å². The number of methoxy groups -OCH3 is 1. The van der Waals surface area contributed by atoms with Crippen molar-refractivity contribution in [2.45, 2.75) is 6.18 Å². The molecule has 0 fully saturated rings. The Morgan fingerprint density at radius 2 is 1.92 bits per heavy atom. The molecule has 0 heterocycles. The lowest BCUT2D eigenvalue weighted by atomic mass is 10.1. The van der Waals surface area contributed by atoms with Crippen LogP contribution in [0.2, 0.25) is 0 Å². The summed E-state index contributed by atoms with van der Waals surface area (Å²) in [4.78, 5) is 12.1. The van der Waals surface area contributed by atoms with Crippen LogP contribution in [-0.4, -0.2) is 13.0 Å². The van der Waals surface area contributed by atoms with Crippen LogP contribution in [0.4, 0.5) is 23.2 Å². The number of nitriles is 1. The number of benzene rings is 2. The van der Waals surface area contributed by atoms with Crippen LogP contribution in [0.5, 0.6) is 5.75 Å². The van der Waals surface area contributed by atoms with Crippen molar-refractivity contribution >= 4 is 17.7 Å². The summed E-state index contributed by atoms with van der Waals surface area (Å²) >= 11 is 0. The summed E-state index contributed by atoms with van der Waals surface area (Å²) in [5, 5.41) is 11.2. The first kappa shape index (κ1) is 19.0. The monoisotopic (exact) mass is 364 g/mol. The molecule has 134 valence electrons. The molecule has 1 N–H and O–H groups in total. The first-order chi connectivity index (χ1) is 12.3. The lowest BCUT2D eigenvalue weighted by Crippen LogP contribution is -2.17. The Labute approximate surface area is 146 Å². The van der Waals surface area contributed by atoms with E-state index in [1.54, 1.807) is 6.07 Å². The minimum absolute atomic E-state index is 0.0239. The third kappa shape index (κ3) is 4.39. The highest BCUT2D eigenvalue weighted by Crippen LogP contribution is 2.34. The fourth-order valence-corrected chi connectivity index (χ4v) is 2.12. The summed E-state index contributed by atoms with van der Waals surface area (Å²) in [6.07, 6.45) is -3.60. The van der Waals surface area contributed by atoms with E-state index in [0.29, 0.717) is 0 Å². The van der Waals surface area contributed by atoms with Crippen LogP contribution < -0.4 is 10.1 Å². The van der Waals surface area contributed by atoms with Crippen molar-refractivity contribution in [1.82, 2.24) is 0 Å². The number of hydrogen-bond donors (Lipinski definition) is 1. The maximum atomic E-state index is 13.7. The standard InChI is InChI=1S/C18H12F4N2O2/c1-26-16-7-6-11(9-14(16)19)8-12(10-23)17(25)24-15-5-3-2-4-13(15)18(20,21)22/h2-9H,1H3,(H,24,25)/b12-8+. The zero-order valence-electron chi connectivity index (χ0n) is 13.4. The molecule has 0 aliphatic rings. The fourth-order valence-electron chi connectivity index (χ4n) is 2.12. The van der Waals surface area contributed by atoms with E-state index < -0.39 is 34.7 Å². The topological polar surface area (TPSA) is 62.1 Å². The van der Waals surface area contributed by atoms with E-state index in [1.165, 1.54) is 31.4 Å². The van der Waals surface area contributed by atoms with Crippen LogP contribution in [0.25, 0.3) is 6.08 Å². The molecule has 0 radical (unpaired) electrons. The molecule has 2 rings (SSSR count). The molecule has 0 bridgehead atoms. The summed E-state index contributed by atoms with van der Waals surface area (Å²) in [6, 6.07) is 9.70. The molecule has 8 heteroatoms. The number of rotatable bonds is 4. The van der Waals surface area contributed by atoms with Crippen LogP contribution in [0, 0.1) is 17.1 Å². The lowest BCUT2D eigenvalue weighted by Gasteiger charge is -2.13. The van der Waals surface area contributed by atoms with Crippen molar-refractivity contribution in [1.29, 1.82) is 5.26 Å². The van der Waals surface area contributed by atoms with Gasteiger partial charge >= 0.3 is 6.18 Å². The Hall–Kier alpha value is -3.34. The highest BCUT2D eigenvalue weighted by molar-refractivity contribution is 6.10.